The Morgan fingerprint density at radius 1 is 0.516 bits per heavy atom. The maximum absolute atomic E-state index is 11.7. The van der Waals surface area contributed by atoms with Crippen molar-refractivity contribution in [1.82, 2.24) is 0 Å². The van der Waals surface area contributed by atoms with Crippen molar-refractivity contribution >= 4 is 44.4 Å². The Kier molecular flexibility index (Phi) is 4.02. The summed E-state index contributed by atoms with van der Waals surface area (Å²) in [4.78, 5) is 23.4. The lowest BCUT2D eigenvalue weighted by molar-refractivity contribution is 0.111. The topological polar surface area (TPSA) is 34.1 Å². The maximum Gasteiger partial charge on any atom is 0.150 e. The Balaban J connectivity index is 1.87. The molecule has 0 atom stereocenters. The molecule has 0 bridgehead atoms. The molecule has 0 heterocycles. The summed E-state index contributed by atoms with van der Waals surface area (Å²) in [6.45, 7) is 0. The zero-order chi connectivity index (χ0) is 21.3. The van der Waals surface area contributed by atoms with Gasteiger partial charge in [-0.25, -0.2) is 0 Å². The van der Waals surface area contributed by atoms with Crippen LogP contribution < -0.4 is 0 Å². The molecule has 0 N–H and O–H groups in total. The van der Waals surface area contributed by atoms with E-state index in [4.69, 9.17) is 0 Å². The molecule has 2 aliphatic carbocycles. The van der Waals surface area contributed by atoms with E-state index in [1.54, 1.807) is 0 Å². The highest BCUT2D eigenvalue weighted by atomic mass is 79.9. The van der Waals surface area contributed by atoms with Crippen LogP contribution in [0, 0.1) is 0 Å². The number of hydrogen-bond donors (Lipinski definition) is 0. The molecule has 4 aromatic carbocycles. The van der Waals surface area contributed by atoms with Gasteiger partial charge >= 0.3 is 0 Å². The molecule has 2 nitrogen and oxygen atoms in total. The van der Waals surface area contributed by atoms with E-state index < -0.39 is 5.41 Å². The lowest BCUT2D eigenvalue weighted by Gasteiger charge is -2.31. The van der Waals surface area contributed by atoms with Crippen molar-refractivity contribution in [3.63, 3.8) is 0 Å². The Labute approximate surface area is 196 Å². The number of rotatable bonds is 2. The van der Waals surface area contributed by atoms with Gasteiger partial charge in [0.05, 0.1) is 5.41 Å². The van der Waals surface area contributed by atoms with Crippen molar-refractivity contribution in [2.24, 2.45) is 0 Å². The number of halogens is 2. The first-order chi connectivity index (χ1) is 15.1. The van der Waals surface area contributed by atoms with Gasteiger partial charge in [-0.15, -0.1) is 0 Å². The van der Waals surface area contributed by atoms with Crippen molar-refractivity contribution < 1.29 is 9.59 Å². The van der Waals surface area contributed by atoms with Gasteiger partial charge in [-0.05, 0) is 80.9 Å². The van der Waals surface area contributed by atoms with Crippen LogP contribution in [0.3, 0.4) is 0 Å². The summed E-state index contributed by atoms with van der Waals surface area (Å²) in [5.41, 5.74) is 9.66. The van der Waals surface area contributed by atoms with Crippen LogP contribution in [-0.2, 0) is 5.41 Å². The van der Waals surface area contributed by atoms with Gasteiger partial charge in [-0.1, -0.05) is 68.3 Å². The first-order valence-electron chi connectivity index (χ1n) is 9.88. The highest BCUT2D eigenvalue weighted by Gasteiger charge is 2.52. The summed E-state index contributed by atoms with van der Waals surface area (Å²) < 4.78 is 1.98. The van der Waals surface area contributed by atoms with Crippen LogP contribution in [0.2, 0.25) is 0 Å². The van der Waals surface area contributed by atoms with Crippen molar-refractivity contribution in [2.75, 3.05) is 0 Å². The van der Waals surface area contributed by atoms with Crippen molar-refractivity contribution in [3.05, 3.63) is 115 Å². The molecule has 0 fully saturated rings. The summed E-state index contributed by atoms with van der Waals surface area (Å²) in [5, 5.41) is 0. The predicted molar refractivity (Wildman–Crippen MR) is 129 cm³/mol. The Bertz CT molecular complexity index is 1340. The number of carbonyl (C=O) groups excluding carboxylic acids is 2. The van der Waals surface area contributed by atoms with E-state index in [0.717, 1.165) is 66.0 Å². The average Bonchev–Trinajstić information content (AvgIpc) is 3.24. The first-order valence-corrected chi connectivity index (χ1v) is 11.5. The van der Waals surface area contributed by atoms with Gasteiger partial charge < -0.3 is 0 Å². The molecule has 0 unspecified atom stereocenters. The Morgan fingerprint density at radius 3 is 1.26 bits per heavy atom. The third kappa shape index (κ3) is 2.38. The molecule has 0 amide bonds. The third-order valence-corrected chi connectivity index (χ3v) is 7.51. The second-order valence-corrected chi connectivity index (χ2v) is 9.81. The molecular formula is C27H14Br2O2. The lowest BCUT2D eigenvalue weighted by Crippen LogP contribution is -2.26. The van der Waals surface area contributed by atoms with Crippen molar-refractivity contribution in [2.45, 2.75) is 5.41 Å². The molecule has 0 radical (unpaired) electrons. The van der Waals surface area contributed by atoms with E-state index in [1.807, 2.05) is 36.4 Å². The summed E-state index contributed by atoms with van der Waals surface area (Å²) in [7, 11) is 0. The van der Waals surface area contributed by atoms with Gasteiger partial charge in [0.25, 0.3) is 0 Å². The minimum Gasteiger partial charge on any atom is -0.298 e. The molecule has 31 heavy (non-hydrogen) atoms. The summed E-state index contributed by atoms with van der Waals surface area (Å²) >= 11 is 7.34. The van der Waals surface area contributed by atoms with Crippen LogP contribution in [0.15, 0.2) is 81.7 Å². The molecule has 6 rings (SSSR count). The van der Waals surface area contributed by atoms with Gasteiger partial charge in [0.2, 0.25) is 0 Å². The summed E-state index contributed by atoms with van der Waals surface area (Å²) in [6, 6.07) is 24.5. The number of fused-ring (bicyclic) bond motifs is 10. The van der Waals surface area contributed by atoms with Crippen LogP contribution >= 0.6 is 31.9 Å². The fourth-order valence-corrected chi connectivity index (χ4v) is 6.08. The van der Waals surface area contributed by atoms with Crippen molar-refractivity contribution in [3.8, 4) is 22.3 Å². The van der Waals surface area contributed by atoms with Crippen molar-refractivity contribution in [1.29, 1.82) is 0 Å². The second kappa shape index (κ2) is 6.59. The highest BCUT2D eigenvalue weighted by molar-refractivity contribution is 9.10. The molecular weight excluding hydrogens is 516 g/mol. The summed E-state index contributed by atoms with van der Waals surface area (Å²) in [6.07, 6.45) is 1.79. The first kappa shape index (κ1) is 18.9. The predicted octanol–water partition coefficient (Wildman–Crippen LogP) is 7.18. The largest absolute Gasteiger partial charge is 0.298 e. The van der Waals surface area contributed by atoms with Crippen LogP contribution in [0.5, 0.6) is 0 Å². The average molecular weight is 530 g/mol. The molecule has 0 aliphatic heterocycles. The number of aldehydes is 2. The van der Waals surface area contributed by atoms with E-state index in [9.17, 15) is 9.59 Å². The molecule has 4 aromatic rings. The maximum atomic E-state index is 11.7. The molecule has 4 heteroatoms. The van der Waals surface area contributed by atoms with Gasteiger partial charge in [0, 0.05) is 20.1 Å². The molecule has 148 valence electrons. The lowest BCUT2D eigenvalue weighted by atomic mass is 9.70. The fraction of sp³-hybridized carbons (Fsp3) is 0.0370. The summed E-state index contributed by atoms with van der Waals surface area (Å²) in [5.74, 6) is 0. The van der Waals surface area contributed by atoms with E-state index in [0.29, 0.717) is 11.1 Å². The smallest absolute Gasteiger partial charge is 0.150 e. The van der Waals surface area contributed by atoms with E-state index >= 15 is 0 Å². The fourth-order valence-electron chi connectivity index (χ4n) is 5.35. The molecule has 0 saturated heterocycles. The van der Waals surface area contributed by atoms with Gasteiger partial charge in [0.15, 0.2) is 0 Å². The standard InChI is InChI=1S/C27H14Br2O2/c28-17-3-7-21-22-8-4-18(29)12-26(22)27(25(21)11-17)23-9-15(13-30)1-5-19(23)20-6-2-16(14-31)10-24(20)27/h1-14H. The number of benzene rings is 4. The van der Waals surface area contributed by atoms with Gasteiger partial charge in [-0.3, -0.25) is 9.59 Å². The normalized spacial score (nSPS) is 14.0. The molecule has 0 aromatic heterocycles. The number of carbonyl (C=O) groups is 2. The SMILES string of the molecule is O=Cc1ccc2c(c1)C1(c3cc(Br)ccc3-c3ccc(Br)cc31)c1cc(C=O)ccc1-2. The highest BCUT2D eigenvalue weighted by Crippen LogP contribution is 2.63. The number of hydrogen-bond acceptors (Lipinski definition) is 2. The minimum atomic E-state index is -0.596. The Morgan fingerprint density at radius 2 is 0.871 bits per heavy atom. The van der Waals surface area contributed by atoms with Crippen LogP contribution in [0.1, 0.15) is 43.0 Å². The minimum absolute atomic E-state index is 0.596. The van der Waals surface area contributed by atoms with E-state index in [-0.39, 0.29) is 0 Å². The zero-order valence-electron chi connectivity index (χ0n) is 16.2. The second-order valence-electron chi connectivity index (χ2n) is 7.98. The van der Waals surface area contributed by atoms with Crippen LogP contribution in [0.25, 0.3) is 22.3 Å². The zero-order valence-corrected chi connectivity index (χ0v) is 19.3. The third-order valence-electron chi connectivity index (χ3n) is 6.52. The van der Waals surface area contributed by atoms with Gasteiger partial charge in [-0.2, -0.15) is 0 Å². The van der Waals surface area contributed by atoms with Crippen LogP contribution in [0.4, 0.5) is 0 Å². The van der Waals surface area contributed by atoms with E-state index in [1.165, 1.54) is 0 Å². The van der Waals surface area contributed by atoms with E-state index in [2.05, 4.69) is 68.3 Å². The van der Waals surface area contributed by atoms with Crippen LogP contribution in [-0.4, -0.2) is 12.6 Å². The quantitative estimate of drug-likeness (QED) is 0.223. The van der Waals surface area contributed by atoms with Gasteiger partial charge in [0.1, 0.15) is 12.6 Å². The molecule has 0 saturated carbocycles. The monoisotopic (exact) mass is 528 g/mol. The Hall–Kier alpha value is -2.82. The molecule has 1 spiro atoms. The molecule has 2 aliphatic rings.